The molecule has 2 aromatic heterocycles. The molecule has 0 radical (unpaired) electrons. The molecule has 0 bridgehead atoms. The second kappa shape index (κ2) is 8.31. The highest BCUT2D eigenvalue weighted by Gasteiger charge is 2.08. The maximum atomic E-state index is 10.8. The van der Waals surface area contributed by atoms with Gasteiger partial charge in [0.05, 0.1) is 16.3 Å². The highest BCUT2D eigenvalue weighted by Crippen LogP contribution is 2.32. The first kappa shape index (κ1) is 18.4. The number of rotatable bonds is 8. The molecule has 0 unspecified atom stereocenters. The zero-order valence-corrected chi connectivity index (χ0v) is 15.6. The fourth-order valence-corrected chi connectivity index (χ4v) is 3.24. The molecule has 136 valence electrons. The summed E-state index contributed by atoms with van der Waals surface area (Å²) in [6.45, 7) is 1.26. The molecule has 26 heavy (non-hydrogen) atoms. The van der Waals surface area contributed by atoms with E-state index in [4.69, 9.17) is 26.8 Å². The molecule has 2 heterocycles. The van der Waals surface area contributed by atoms with Crippen LogP contribution in [0.25, 0.3) is 10.3 Å². The quantitative estimate of drug-likeness (QED) is 0.633. The van der Waals surface area contributed by atoms with Crippen LogP contribution in [-0.4, -0.2) is 47.5 Å². The molecule has 1 amide bonds. The lowest BCUT2D eigenvalue weighted by Crippen LogP contribution is -2.33. The van der Waals surface area contributed by atoms with Crippen molar-refractivity contribution < 1.29 is 14.3 Å². The molecule has 7 nitrogen and oxygen atoms in total. The molecule has 0 atom stereocenters. The van der Waals surface area contributed by atoms with Crippen LogP contribution < -0.4 is 15.2 Å². The van der Waals surface area contributed by atoms with E-state index in [9.17, 15) is 4.79 Å². The number of aromatic nitrogens is 2. The Balaban J connectivity index is 1.54. The van der Waals surface area contributed by atoms with Gasteiger partial charge in [0.1, 0.15) is 18.1 Å². The van der Waals surface area contributed by atoms with Crippen LogP contribution in [0, 0.1) is 0 Å². The van der Waals surface area contributed by atoms with E-state index in [2.05, 4.69) is 9.97 Å². The smallest absolute Gasteiger partial charge is 0.281 e. The van der Waals surface area contributed by atoms with Gasteiger partial charge in [0, 0.05) is 12.7 Å². The number of primary amides is 1. The molecule has 0 saturated heterocycles. The molecule has 0 spiro atoms. The van der Waals surface area contributed by atoms with Crippen molar-refractivity contribution in [1.29, 1.82) is 0 Å². The lowest BCUT2D eigenvalue weighted by atomic mass is 10.3. The van der Waals surface area contributed by atoms with Gasteiger partial charge in [-0.2, -0.15) is 4.98 Å². The first-order valence-electron chi connectivity index (χ1n) is 7.79. The first-order valence-corrected chi connectivity index (χ1v) is 8.99. The molecule has 0 fully saturated rings. The number of hydrogen-bond acceptors (Lipinski definition) is 7. The van der Waals surface area contributed by atoms with Crippen molar-refractivity contribution in [3.05, 3.63) is 41.6 Å². The predicted molar refractivity (Wildman–Crippen MR) is 101 cm³/mol. The molecular formula is C17H17ClN4O3S. The number of nitrogens with zero attached hydrogens (tertiary/aromatic N) is 3. The van der Waals surface area contributed by atoms with E-state index in [0.717, 1.165) is 4.70 Å². The Morgan fingerprint density at radius 1 is 1.31 bits per heavy atom. The summed E-state index contributed by atoms with van der Waals surface area (Å²) < 4.78 is 12.3. The van der Waals surface area contributed by atoms with Crippen LogP contribution in [0.2, 0.25) is 5.02 Å². The average molecular weight is 393 g/mol. The third-order valence-corrected chi connectivity index (χ3v) is 4.47. The number of fused-ring (bicyclic) bond motifs is 1. The minimum Gasteiger partial charge on any atom is -0.492 e. The van der Waals surface area contributed by atoms with Crippen LogP contribution in [0.1, 0.15) is 0 Å². The van der Waals surface area contributed by atoms with E-state index >= 15 is 0 Å². The Labute approximate surface area is 159 Å². The number of amides is 1. The standard InChI is InChI=1S/C17H17ClN4O3S/c1-22(10-15(19)23)6-7-24-12-2-4-13(5-3-12)25-17-21-16-14(26-17)8-11(18)9-20-16/h2-5,8-9H,6-7,10H2,1H3,(H2,19,23). The number of halogens is 1. The zero-order chi connectivity index (χ0) is 18.5. The van der Waals surface area contributed by atoms with Gasteiger partial charge in [-0.3, -0.25) is 9.69 Å². The zero-order valence-electron chi connectivity index (χ0n) is 14.0. The van der Waals surface area contributed by atoms with E-state index in [-0.39, 0.29) is 12.5 Å². The number of carbonyl (C=O) groups is 1. The van der Waals surface area contributed by atoms with E-state index in [1.54, 1.807) is 29.3 Å². The number of thiazole rings is 1. The minimum absolute atomic E-state index is 0.207. The third kappa shape index (κ3) is 5.04. The summed E-state index contributed by atoms with van der Waals surface area (Å²) in [6.07, 6.45) is 1.56. The number of carbonyl (C=O) groups excluding carboxylic acids is 1. The second-order valence-electron chi connectivity index (χ2n) is 5.58. The van der Waals surface area contributed by atoms with Crippen molar-refractivity contribution in [2.75, 3.05) is 26.7 Å². The van der Waals surface area contributed by atoms with Gasteiger partial charge in [-0.1, -0.05) is 22.9 Å². The fourth-order valence-electron chi connectivity index (χ4n) is 2.19. The number of benzene rings is 1. The summed E-state index contributed by atoms with van der Waals surface area (Å²) in [7, 11) is 1.81. The highest BCUT2D eigenvalue weighted by atomic mass is 35.5. The van der Waals surface area contributed by atoms with Gasteiger partial charge < -0.3 is 15.2 Å². The van der Waals surface area contributed by atoms with Gasteiger partial charge in [-0.05, 0) is 37.4 Å². The van der Waals surface area contributed by atoms with Gasteiger partial charge in [0.2, 0.25) is 5.91 Å². The van der Waals surface area contributed by atoms with Gasteiger partial charge in [0.25, 0.3) is 5.19 Å². The Hall–Kier alpha value is -2.42. The monoisotopic (exact) mass is 392 g/mol. The maximum Gasteiger partial charge on any atom is 0.281 e. The van der Waals surface area contributed by atoms with E-state index in [1.807, 2.05) is 19.2 Å². The van der Waals surface area contributed by atoms with Crippen molar-refractivity contribution in [2.24, 2.45) is 5.73 Å². The number of nitrogens with two attached hydrogens (primary N) is 1. The molecule has 0 aliphatic heterocycles. The summed E-state index contributed by atoms with van der Waals surface area (Å²) in [5.74, 6) is 0.997. The Bertz CT molecular complexity index is 901. The number of likely N-dealkylation sites (N-methyl/N-ethyl adjacent to an activating group) is 1. The molecule has 9 heteroatoms. The normalized spacial score (nSPS) is 11.0. The summed E-state index contributed by atoms with van der Waals surface area (Å²) >= 11 is 7.30. The Kier molecular flexibility index (Phi) is 5.87. The lowest BCUT2D eigenvalue weighted by molar-refractivity contribution is -0.118. The number of hydrogen-bond donors (Lipinski definition) is 1. The minimum atomic E-state index is -0.360. The van der Waals surface area contributed by atoms with Crippen LogP contribution in [0.4, 0.5) is 0 Å². The summed E-state index contributed by atoms with van der Waals surface area (Å²) in [5.41, 5.74) is 5.74. The molecule has 0 aliphatic carbocycles. The first-order chi connectivity index (χ1) is 12.5. The van der Waals surface area contributed by atoms with Crippen LogP contribution in [0.3, 0.4) is 0 Å². The van der Waals surface area contributed by atoms with Crippen LogP contribution in [0.5, 0.6) is 16.7 Å². The van der Waals surface area contributed by atoms with Gasteiger partial charge in [-0.15, -0.1) is 0 Å². The number of ether oxygens (including phenoxy) is 2. The highest BCUT2D eigenvalue weighted by molar-refractivity contribution is 7.20. The Morgan fingerprint density at radius 2 is 2.04 bits per heavy atom. The van der Waals surface area contributed by atoms with Crippen LogP contribution in [0.15, 0.2) is 36.5 Å². The maximum absolute atomic E-state index is 10.8. The van der Waals surface area contributed by atoms with Crippen LogP contribution >= 0.6 is 22.9 Å². The largest absolute Gasteiger partial charge is 0.492 e. The average Bonchev–Trinajstić information content (AvgIpc) is 2.97. The van der Waals surface area contributed by atoms with Crippen molar-refractivity contribution in [1.82, 2.24) is 14.9 Å². The summed E-state index contributed by atoms with van der Waals surface area (Å²) in [6, 6.07) is 9.03. The molecule has 2 N–H and O–H groups in total. The Morgan fingerprint density at radius 3 is 2.77 bits per heavy atom. The molecular weight excluding hydrogens is 376 g/mol. The predicted octanol–water partition coefficient (Wildman–Crippen LogP) is 2.93. The molecule has 1 aromatic carbocycles. The molecule has 0 aliphatic rings. The number of pyridine rings is 1. The van der Waals surface area contributed by atoms with E-state index in [1.165, 1.54) is 11.3 Å². The molecule has 3 rings (SSSR count). The third-order valence-electron chi connectivity index (χ3n) is 3.39. The summed E-state index contributed by atoms with van der Waals surface area (Å²) in [5, 5.41) is 1.06. The van der Waals surface area contributed by atoms with Gasteiger partial charge in [-0.25, -0.2) is 4.98 Å². The molecule has 0 saturated carbocycles. The van der Waals surface area contributed by atoms with Gasteiger partial charge >= 0.3 is 0 Å². The van der Waals surface area contributed by atoms with Crippen molar-refractivity contribution in [2.45, 2.75) is 0 Å². The lowest BCUT2D eigenvalue weighted by Gasteiger charge is -2.14. The fraction of sp³-hybridized carbons (Fsp3) is 0.235. The topological polar surface area (TPSA) is 90.6 Å². The van der Waals surface area contributed by atoms with E-state index in [0.29, 0.717) is 40.5 Å². The van der Waals surface area contributed by atoms with Crippen molar-refractivity contribution in [3.8, 4) is 16.7 Å². The van der Waals surface area contributed by atoms with Crippen molar-refractivity contribution >= 4 is 39.2 Å². The SMILES string of the molecule is CN(CCOc1ccc(Oc2nc3ncc(Cl)cc3s2)cc1)CC(N)=O. The second-order valence-corrected chi connectivity index (χ2v) is 7.01. The summed E-state index contributed by atoms with van der Waals surface area (Å²) in [4.78, 5) is 21.1. The van der Waals surface area contributed by atoms with Gasteiger partial charge in [0.15, 0.2) is 5.65 Å². The van der Waals surface area contributed by atoms with Crippen LogP contribution in [-0.2, 0) is 4.79 Å². The van der Waals surface area contributed by atoms with E-state index < -0.39 is 0 Å². The van der Waals surface area contributed by atoms with Crippen molar-refractivity contribution in [3.63, 3.8) is 0 Å². The molecule has 3 aromatic rings.